The molecule has 0 aromatic carbocycles. The first kappa shape index (κ1) is 13.1. The molecular weight excluding hydrogens is 239 g/mol. The van der Waals surface area contributed by atoms with Crippen LogP contribution in [0.15, 0.2) is 18.5 Å². The van der Waals surface area contributed by atoms with E-state index in [-0.39, 0.29) is 0 Å². The molecule has 5 nitrogen and oxygen atoms in total. The normalized spacial score (nSPS) is 11.1. The van der Waals surface area contributed by atoms with Gasteiger partial charge in [-0.1, -0.05) is 0 Å². The Morgan fingerprint density at radius 3 is 2.59 bits per heavy atom. The number of hydrogen-bond acceptors (Lipinski definition) is 4. The van der Waals surface area contributed by atoms with Crippen LogP contribution < -0.4 is 11.1 Å². The topological polar surface area (TPSA) is 85.1 Å². The van der Waals surface area contributed by atoms with Gasteiger partial charge in [-0.05, 0) is 6.07 Å². The third-order valence-corrected chi connectivity index (χ3v) is 1.81. The first-order chi connectivity index (χ1) is 7.86. The highest BCUT2D eigenvalue weighted by Crippen LogP contribution is 2.31. The van der Waals surface area contributed by atoms with E-state index in [1.807, 2.05) is 0 Å². The molecule has 0 unspecified atom stereocenters. The van der Waals surface area contributed by atoms with Gasteiger partial charge in [-0.25, -0.2) is 0 Å². The Bertz CT molecular complexity index is 445. The lowest BCUT2D eigenvalue weighted by atomic mass is 10.1. The molecule has 1 aromatic rings. The van der Waals surface area contributed by atoms with Crippen LogP contribution >= 0.6 is 0 Å². The monoisotopic (exact) mass is 247 g/mol. The summed E-state index contributed by atoms with van der Waals surface area (Å²) in [7, 11) is 0. The van der Waals surface area contributed by atoms with Crippen molar-refractivity contribution in [3.63, 3.8) is 0 Å². The van der Waals surface area contributed by atoms with Gasteiger partial charge < -0.3 is 5.73 Å². The van der Waals surface area contributed by atoms with Gasteiger partial charge in [0.05, 0.1) is 17.7 Å². The van der Waals surface area contributed by atoms with Crippen LogP contribution in [0, 0.1) is 0 Å². The molecule has 2 amide bonds. The molecule has 0 spiro atoms. The number of hydrogen-bond donors (Lipinski definition) is 2. The minimum Gasteiger partial charge on any atom is -0.322 e. The molecule has 92 valence electrons. The van der Waals surface area contributed by atoms with Crippen molar-refractivity contribution in [2.75, 3.05) is 6.54 Å². The van der Waals surface area contributed by atoms with Crippen molar-refractivity contribution in [1.82, 2.24) is 10.3 Å². The number of rotatable bonds is 2. The number of carbonyl (C=O) groups is 2. The molecule has 0 aliphatic heterocycles. The Labute approximate surface area is 93.8 Å². The molecule has 0 fully saturated rings. The molecule has 0 aliphatic carbocycles. The van der Waals surface area contributed by atoms with Crippen LogP contribution in [0.3, 0.4) is 0 Å². The fraction of sp³-hybridized carbons (Fsp3) is 0.222. The van der Waals surface area contributed by atoms with Crippen LogP contribution in [-0.4, -0.2) is 23.3 Å². The van der Waals surface area contributed by atoms with Gasteiger partial charge in [0.2, 0.25) is 5.91 Å². The fourth-order valence-corrected chi connectivity index (χ4v) is 1.07. The molecule has 3 N–H and O–H groups in total. The molecule has 0 atom stereocenters. The number of nitrogens with zero attached hydrogens (tertiary/aromatic N) is 1. The Hall–Kier alpha value is -1.96. The average Bonchev–Trinajstić information content (AvgIpc) is 2.27. The highest BCUT2D eigenvalue weighted by atomic mass is 19.4. The third kappa shape index (κ3) is 3.25. The van der Waals surface area contributed by atoms with Crippen molar-refractivity contribution in [2.45, 2.75) is 6.18 Å². The Kier molecular flexibility index (Phi) is 3.79. The van der Waals surface area contributed by atoms with E-state index in [9.17, 15) is 22.8 Å². The maximum Gasteiger partial charge on any atom is 0.417 e. The van der Waals surface area contributed by atoms with Crippen LogP contribution in [0.2, 0.25) is 0 Å². The zero-order valence-corrected chi connectivity index (χ0v) is 8.41. The number of nitrogens with one attached hydrogen (secondary N) is 1. The standard InChI is InChI=1S/C9H8F3N3O2/c10-9(11,12)6-1-2-14-4-5(6)8(17)15-7(16)3-13/h1-2,4H,3,13H2,(H,15,16,17). The van der Waals surface area contributed by atoms with Crippen molar-refractivity contribution < 1.29 is 22.8 Å². The summed E-state index contributed by atoms with van der Waals surface area (Å²) in [4.78, 5) is 25.6. The number of halogens is 3. The first-order valence-electron chi connectivity index (χ1n) is 4.41. The van der Waals surface area contributed by atoms with Crippen LogP contribution in [0.25, 0.3) is 0 Å². The van der Waals surface area contributed by atoms with E-state index in [1.165, 1.54) is 0 Å². The quantitative estimate of drug-likeness (QED) is 0.787. The van der Waals surface area contributed by atoms with Crippen molar-refractivity contribution in [3.05, 3.63) is 29.6 Å². The molecule has 0 aliphatic rings. The van der Waals surface area contributed by atoms with Crippen LogP contribution in [0.5, 0.6) is 0 Å². The molecular formula is C9H8F3N3O2. The van der Waals surface area contributed by atoms with Crippen molar-refractivity contribution in [2.24, 2.45) is 5.73 Å². The smallest absolute Gasteiger partial charge is 0.322 e. The van der Waals surface area contributed by atoms with E-state index in [1.54, 1.807) is 5.32 Å². The lowest BCUT2D eigenvalue weighted by Gasteiger charge is -2.11. The Morgan fingerprint density at radius 2 is 2.06 bits per heavy atom. The minimum absolute atomic E-state index is 0.493. The van der Waals surface area contributed by atoms with Gasteiger partial charge in [0, 0.05) is 12.4 Å². The van der Waals surface area contributed by atoms with Gasteiger partial charge in [-0.2, -0.15) is 13.2 Å². The number of aromatic nitrogens is 1. The maximum absolute atomic E-state index is 12.5. The zero-order chi connectivity index (χ0) is 13.1. The van der Waals surface area contributed by atoms with Crippen LogP contribution in [-0.2, 0) is 11.0 Å². The minimum atomic E-state index is -4.69. The summed E-state index contributed by atoms with van der Waals surface area (Å²) >= 11 is 0. The maximum atomic E-state index is 12.5. The first-order valence-corrected chi connectivity index (χ1v) is 4.41. The lowest BCUT2D eigenvalue weighted by Crippen LogP contribution is -2.36. The molecule has 8 heteroatoms. The SMILES string of the molecule is NCC(=O)NC(=O)c1cnccc1C(F)(F)F. The van der Waals surface area contributed by atoms with Gasteiger partial charge in [0.1, 0.15) is 0 Å². The lowest BCUT2D eigenvalue weighted by molar-refractivity contribution is -0.138. The second-order valence-corrected chi connectivity index (χ2v) is 3.00. The molecule has 1 aromatic heterocycles. The number of imide groups is 1. The van der Waals surface area contributed by atoms with Gasteiger partial charge in [0.15, 0.2) is 0 Å². The van der Waals surface area contributed by atoms with Gasteiger partial charge in [-0.15, -0.1) is 0 Å². The van der Waals surface area contributed by atoms with Gasteiger partial charge in [-0.3, -0.25) is 19.9 Å². The summed E-state index contributed by atoms with van der Waals surface area (Å²) in [6, 6.07) is 0.655. The average molecular weight is 247 g/mol. The molecule has 17 heavy (non-hydrogen) atoms. The Balaban J connectivity index is 3.06. The van der Waals surface area contributed by atoms with Crippen molar-refractivity contribution in [1.29, 1.82) is 0 Å². The van der Waals surface area contributed by atoms with E-state index < -0.39 is 35.7 Å². The summed E-state index contributed by atoms with van der Waals surface area (Å²) in [5.41, 5.74) is 3.04. The van der Waals surface area contributed by atoms with Crippen LogP contribution in [0.4, 0.5) is 13.2 Å². The summed E-state index contributed by atoms with van der Waals surface area (Å²) in [6.45, 7) is -0.493. The molecule has 0 bridgehead atoms. The third-order valence-electron chi connectivity index (χ3n) is 1.81. The second kappa shape index (κ2) is 4.91. The summed E-state index contributed by atoms with van der Waals surface area (Å²) in [5.74, 6) is -2.05. The summed E-state index contributed by atoms with van der Waals surface area (Å²) < 4.78 is 37.5. The predicted molar refractivity (Wildman–Crippen MR) is 50.8 cm³/mol. The van der Waals surface area contributed by atoms with E-state index >= 15 is 0 Å². The Morgan fingerprint density at radius 1 is 1.41 bits per heavy atom. The summed E-state index contributed by atoms with van der Waals surface area (Å²) in [5, 5.41) is 1.72. The highest BCUT2D eigenvalue weighted by molar-refractivity contribution is 6.05. The van der Waals surface area contributed by atoms with Gasteiger partial charge in [0.25, 0.3) is 5.91 Å². The number of carbonyl (C=O) groups excluding carboxylic acids is 2. The van der Waals surface area contributed by atoms with E-state index in [0.717, 1.165) is 12.4 Å². The van der Waals surface area contributed by atoms with E-state index in [0.29, 0.717) is 6.07 Å². The molecule has 0 saturated carbocycles. The van der Waals surface area contributed by atoms with Crippen molar-refractivity contribution >= 4 is 11.8 Å². The summed E-state index contributed by atoms with van der Waals surface area (Å²) in [6.07, 6.45) is -3.05. The molecule has 0 saturated heterocycles. The molecule has 1 heterocycles. The predicted octanol–water partition coefficient (Wildman–Crippen LogP) is 0.316. The van der Waals surface area contributed by atoms with Gasteiger partial charge >= 0.3 is 6.18 Å². The van der Waals surface area contributed by atoms with E-state index in [4.69, 9.17) is 5.73 Å². The molecule has 1 rings (SSSR count). The largest absolute Gasteiger partial charge is 0.417 e. The highest BCUT2D eigenvalue weighted by Gasteiger charge is 2.35. The number of nitrogens with two attached hydrogens (primary N) is 1. The zero-order valence-electron chi connectivity index (χ0n) is 8.41. The molecule has 0 radical (unpaired) electrons. The second-order valence-electron chi connectivity index (χ2n) is 3.00. The number of pyridine rings is 1. The van der Waals surface area contributed by atoms with Crippen molar-refractivity contribution in [3.8, 4) is 0 Å². The fourth-order valence-electron chi connectivity index (χ4n) is 1.07. The van der Waals surface area contributed by atoms with Crippen LogP contribution in [0.1, 0.15) is 15.9 Å². The van der Waals surface area contributed by atoms with E-state index in [2.05, 4.69) is 4.98 Å². The number of amides is 2. The number of alkyl halides is 3.